The second-order valence-electron chi connectivity index (χ2n) is 5.25. The van der Waals surface area contributed by atoms with Crippen LogP contribution in [0.3, 0.4) is 0 Å². The number of likely N-dealkylation sites (N-methyl/N-ethyl adjacent to an activating group) is 1. The van der Waals surface area contributed by atoms with Crippen LogP contribution in [0.4, 0.5) is 0 Å². The van der Waals surface area contributed by atoms with E-state index in [2.05, 4.69) is 72.8 Å². The summed E-state index contributed by atoms with van der Waals surface area (Å²) in [5.41, 5.74) is 5.64. The van der Waals surface area contributed by atoms with Crippen LogP contribution in [0.2, 0.25) is 0 Å². The molecule has 0 heterocycles. The van der Waals surface area contributed by atoms with Crippen molar-refractivity contribution in [2.24, 2.45) is 0 Å². The minimum Gasteiger partial charge on any atom is -0.302 e. The van der Waals surface area contributed by atoms with Crippen LogP contribution in [0.5, 0.6) is 0 Å². The van der Waals surface area contributed by atoms with E-state index in [1.165, 1.54) is 11.1 Å². The molecule has 0 unspecified atom stereocenters. The van der Waals surface area contributed by atoms with Crippen molar-refractivity contribution in [2.45, 2.75) is 19.9 Å². The first-order valence-corrected chi connectivity index (χ1v) is 8.04. The Balaban J connectivity index is 1.98. The number of hydrogen-bond acceptors (Lipinski definition) is 3. The maximum atomic E-state index is 5.75. The molecule has 0 aliphatic rings. The monoisotopic (exact) mass is 298 g/mol. The Kier molecular flexibility index (Phi) is 7.10. The minimum absolute atomic E-state index is 0.0547. The van der Waals surface area contributed by atoms with Crippen LogP contribution in [0.25, 0.3) is 0 Å². The summed E-state index contributed by atoms with van der Waals surface area (Å²) in [7, 11) is 0. The molecule has 0 amide bonds. The van der Waals surface area contributed by atoms with Gasteiger partial charge in [0.1, 0.15) is 0 Å². The summed E-state index contributed by atoms with van der Waals surface area (Å²) in [4.78, 5) is 8.10. The molecule has 3 heteroatoms. The van der Waals surface area contributed by atoms with Gasteiger partial charge in [-0.3, -0.25) is 4.84 Å². The predicted octanol–water partition coefficient (Wildman–Crippen LogP) is 3.64. The van der Waals surface area contributed by atoms with E-state index in [1.54, 1.807) is 0 Å². The third-order valence-corrected chi connectivity index (χ3v) is 3.87. The number of rotatable bonds is 9. The van der Waals surface area contributed by atoms with Gasteiger partial charge in [-0.2, -0.15) is 5.48 Å². The maximum Gasteiger partial charge on any atom is 0.0821 e. The summed E-state index contributed by atoms with van der Waals surface area (Å²) in [6.07, 6.45) is 0. The van der Waals surface area contributed by atoms with Crippen LogP contribution in [-0.4, -0.2) is 31.1 Å². The largest absolute Gasteiger partial charge is 0.302 e. The van der Waals surface area contributed by atoms with Crippen LogP contribution in [0.15, 0.2) is 60.7 Å². The molecule has 0 radical (unpaired) electrons. The van der Waals surface area contributed by atoms with Crippen LogP contribution >= 0.6 is 0 Å². The first-order chi connectivity index (χ1) is 10.8. The topological polar surface area (TPSA) is 24.5 Å². The highest BCUT2D eigenvalue weighted by Gasteiger charge is 2.13. The van der Waals surface area contributed by atoms with Crippen molar-refractivity contribution in [1.29, 1.82) is 0 Å². The first-order valence-electron chi connectivity index (χ1n) is 8.04. The van der Waals surface area contributed by atoms with Gasteiger partial charge in [0, 0.05) is 6.54 Å². The second kappa shape index (κ2) is 9.36. The Morgan fingerprint density at radius 1 is 0.864 bits per heavy atom. The standard InChI is InChI=1S/C19H26N2O/c1-3-21(4-2)15-16-22-20-19(17-11-7-5-8-12-17)18-13-9-6-10-14-18/h5-14,19-20H,3-4,15-16H2,1-2H3. The van der Waals surface area contributed by atoms with Gasteiger partial charge < -0.3 is 4.90 Å². The highest BCUT2D eigenvalue weighted by molar-refractivity contribution is 5.30. The van der Waals surface area contributed by atoms with Gasteiger partial charge in [-0.15, -0.1) is 0 Å². The first kappa shape index (κ1) is 16.7. The molecule has 0 saturated carbocycles. The zero-order chi connectivity index (χ0) is 15.6. The molecular formula is C19H26N2O. The lowest BCUT2D eigenvalue weighted by atomic mass is 10.00. The molecule has 2 aromatic carbocycles. The number of nitrogens with one attached hydrogen (secondary N) is 1. The summed E-state index contributed by atoms with van der Waals surface area (Å²) >= 11 is 0. The van der Waals surface area contributed by atoms with E-state index in [4.69, 9.17) is 4.84 Å². The quantitative estimate of drug-likeness (QED) is 0.565. The fourth-order valence-corrected chi connectivity index (χ4v) is 2.48. The summed E-state index contributed by atoms with van der Waals surface area (Å²) in [6.45, 7) is 8.08. The minimum atomic E-state index is 0.0547. The fraction of sp³-hybridized carbons (Fsp3) is 0.368. The van der Waals surface area contributed by atoms with Crippen molar-refractivity contribution in [3.05, 3.63) is 71.8 Å². The molecule has 3 nitrogen and oxygen atoms in total. The van der Waals surface area contributed by atoms with E-state index in [0.717, 1.165) is 19.6 Å². The Morgan fingerprint density at radius 3 is 1.82 bits per heavy atom. The van der Waals surface area contributed by atoms with E-state index in [1.807, 2.05) is 12.1 Å². The van der Waals surface area contributed by atoms with Gasteiger partial charge >= 0.3 is 0 Å². The number of nitrogens with zero attached hydrogens (tertiary/aromatic N) is 1. The molecule has 0 aliphatic heterocycles. The highest BCUT2D eigenvalue weighted by Crippen LogP contribution is 2.21. The summed E-state index contributed by atoms with van der Waals surface area (Å²) < 4.78 is 0. The average molecular weight is 298 g/mol. The average Bonchev–Trinajstić information content (AvgIpc) is 2.60. The molecule has 0 atom stereocenters. The van der Waals surface area contributed by atoms with Crippen molar-refractivity contribution >= 4 is 0 Å². The van der Waals surface area contributed by atoms with Crippen LogP contribution in [0, 0.1) is 0 Å². The van der Waals surface area contributed by atoms with Crippen molar-refractivity contribution in [3.63, 3.8) is 0 Å². The van der Waals surface area contributed by atoms with Crippen LogP contribution < -0.4 is 5.48 Å². The zero-order valence-electron chi connectivity index (χ0n) is 13.5. The second-order valence-corrected chi connectivity index (χ2v) is 5.25. The molecule has 118 valence electrons. The molecule has 2 aromatic rings. The van der Waals surface area contributed by atoms with Gasteiger partial charge in [0.2, 0.25) is 0 Å². The van der Waals surface area contributed by atoms with E-state index in [-0.39, 0.29) is 6.04 Å². The SMILES string of the molecule is CCN(CC)CCONC(c1ccccc1)c1ccccc1. The predicted molar refractivity (Wildman–Crippen MR) is 91.6 cm³/mol. The number of benzene rings is 2. The molecule has 0 fully saturated rings. The van der Waals surface area contributed by atoms with Crippen LogP contribution in [0.1, 0.15) is 31.0 Å². The third-order valence-electron chi connectivity index (χ3n) is 3.87. The van der Waals surface area contributed by atoms with Crippen molar-refractivity contribution in [1.82, 2.24) is 10.4 Å². The molecule has 0 bridgehead atoms. The molecule has 0 aromatic heterocycles. The Labute approximate surface area is 133 Å². The van der Waals surface area contributed by atoms with E-state index in [9.17, 15) is 0 Å². The van der Waals surface area contributed by atoms with Gasteiger partial charge in [0.25, 0.3) is 0 Å². The highest BCUT2D eigenvalue weighted by atomic mass is 16.6. The van der Waals surface area contributed by atoms with Crippen molar-refractivity contribution in [2.75, 3.05) is 26.2 Å². The van der Waals surface area contributed by atoms with E-state index >= 15 is 0 Å². The molecule has 2 rings (SSSR count). The fourth-order valence-electron chi connectivity index (χ4n) is 2.48. The van der Waals surface area contributed by atoms with Gasteiger partial charge in [-0.25, -0.2) is 0 Å². The summed E-state index contributed by atoms with van der Waals surface area (Å²) in [6, 6.07) is 20.9. The van der Waals surface area contributed by atoms with Crippen molar-refractivity contribution < 1.29 is 4.84 Å². The normalized spacial score (nSPS) is 11.3. The number of hydrogen-bond donors (Lipinski definition) is 1. The van der Waals surface area contributed by atoms with Gasteiger partial charge in [0.15, 0.2) is 0 Å². The van der Waals surface area contributed by atoms with E-state index < -0.39 is 0 Å². The van der Waals surface area contributed by atoms with Gasteiger partial charge in [-0.1, -0.05) is 74.5 Å². The Hall–Kier alpha value is -1.68. The molecule has 0 saturated heterocycles. The summed E-state index contributed by atoms with van der Waals surface area (Å²) in [5, 5.41) is 0. The molecule has 0 aliphatic carbocycles. The van der Waals surface area contributed by atoms with Crippen LogP contribution in [-0.2, 0) is 4.84 Å². The Bertz CT molecular complexity index is 472. The van der Waals surface area contributed by atoms with Gasteiger partial charge in [0.05, 0.1) is 12.6 Å². The lowest BCUT2D eigenvalue weighted by molar-refractivity contribution is 0.0125. The lowest BCUT2D eigenvalue weighted by Gasteiger charge is -2.22. The third kappa shape index (κ3) is 4.95. The maximum absolute atomic E-state index is 5.75. The van der Waals surface area contributed by atoms with E-state index in [0.29, 0.717) is 6.61 Å². The molecule has 1 N–H and O–H groups in total. The van der Waals surface area contributed by atoms with Gasteiger partial charge in [-0.05, 0) is 24.2 Å². The summed E-state index contributed by atoms with van der Waals surface area (Å²) in [5.74, 6) is 0. The Morgan fingerprint density at radius 2 is 1.36 bits per heavy atom. The number of hydroxylamine groups is 1. The lowest BCUT2D eigenvalue weighted by Crippen LogP contribution is -2.31. The smallest absolute Gasteiger partial charge is 0.0821 e. The molecule has 22 heavy (non-hydrogen) atoms. The van der Waals surface area contributed by atoms with Crippen molar-refractivity contribution in [3.8, 4) is 0 Å². The molecule has 0 spiro atoms. The molecular weight excluding hydrogens is 272 g/mol. The zero-order valence-corrected chi connectivity index (χ0v) is 13.5.